The second kappa shape index (κ2) is 5.53. The number of aromatic amines is 2. The van der Waals surface area contributed by atoms with E-state index in [1.54, 1.807) is 24.4 Å². The fourth-order valence-corrected chi connectivity index (χ4v) is 3.31. The predicted octanol–water partition coefficient (Wildman–Crippen LogP) is 3.05. The summed E-state index contributed by atoms with van der Waals surface area (Å²) in [4.78, 5) is 17.5. The highest BCUT2D eigenvalue weighted by Gasteiger charge is 2.27. The Labute approximate surface area is 132 Å². The molecule has 5 nitrogen and oxygen atoms in total. The van der Waals surface area contributed by atoms with Crippen molar-refractivity contribution in [2.75, 3.05) is 13.1 Å². The lowest BCUT2D eigenvalue weighted by atomic mass is 9.95. The minimum atomic E-state index is -0.337. The zero-order valence-electron chi connectivity index (χ0n) is 12.6. The van der Waals surface area contributed by atoms with Crippen molar-refractivity contribution in [3.05, 3.63) is 53.7 Å². The predicted molar refractivity (Wildman–Crippen MR) is 84.7 cm³/mol. The maximum absolute atomic E-state index is 13.8. The SMILES string of the molecule is O=C(c1cc2cccc(F)c2[nH]1)N1CCC[C@H](c2ccn[nH]2)C1. The summed E-state index contributed by atoms with van der Waals surface area (Å²) >= 11 is 0. The molecule has 23 heavy (non-hydrogen) atoms. The number of hydrogen-bond donors (Lipinski definition) is 2. The molecule has 4 rings (SSSR count). The molecule has 0 spiro atoms. The number of carbonyl (C=O) groups is 1. The number of likely N-dealkylation sites (tertiary alicyclic amines) is 1. The van der Waals surface area contributed by atoms with Crippen LogP contribution in [-0.2, 0) is 0 Å². The van der Waals surface area contributed by atoms with E-state index in [0.29, 0.717) is 17.8 Å². The van der Waals surface area contributed by atoms with Gasteiger partial charge in [-0.05, 0) is 31.0 Å². The minimum absolute atomic E-state index is 0.0789. The van der Waals surface area contributed by atoms with Gasteiger partial charge in [-0.1, -0.05) is 12.1 Å². The Bertz CT molecular complexity index is 840. The van der Waals surface area contributed by atoms with Gasteiger partial charge in [0.1, 0.15) is 11.5 Å². The molecule has 1 aliphatic heterocycles. The number of nitrogens with one attached hydrogen (secondary N) is 2. The first kappa shape index (κ1) is 14.0. The summed E-state index contributed by atoms with van der Waals surface area (Å²) < 4.78 is 13.8. The van der Waals surface area contributed by atoms with E-state index in [9.17, 15) is 9.18 Å². The van der Waals surface area contributed by atoms with E-state index in [4.69, 9.17) is 0 Å². The highest BCUT2D eigenvalue weighted by molar-refractivity contribution is 5.98. The smallest absolute Gasteiger partial charge is 0.270 e. The summed E-state index contributed by atoms with van der Waals surface area (Å²) in [6, 6.07) is 8.52. The van der Waals surface area contributed by atoms with Crippen LogP contribution in [0.15, 0.2) is 36.5 Å². The Kier molecular flexibility index (Phi) is 3.37. The second-order valence-corrected chi connectivity index (χ2v) is 5.99. The largest absolute Gasteiger partial charge is 0.348 e. The summed E-state index contributed by atoms with van der Waals surface area (Å²) in [7, 11) is 0. The van der Waals surface area contributed by atoms with Crippen molar-refractivity contribution < 1.29 is 9.18 Å². The van der Waals surface area contributed by atoms with Gasteiger partial charge in [0.2, 0.25) is 0 Å². The fraction of sp³-hybridized carbons (Fsp3) is 0.294. The van der Waals surface area contributed by atoms with E-state index in [-0.39, 0.29) is 17.6 Å². The summed E-state index contributed by atoms with van der Waals surface area (Å²) in [5, 5.41) is 7.70. The normalized spacial score (nSPS) is 18.5. The molecule has 0 saturated carbocycles. The van der Waals surface area contributed by atoms with Gasteiger partial charge >= 0.3 is 0 Å². The number of piperidine rings is 1. The Balaban J connectivity index is 1.58. The summed E-state index contributed by atoms with van der Waals surface area (Å²) in [5.41, 5.74) is 1.89. The van der Waals surface area contributed by atoms with Crippen LogP contribution in [0.1, 0.15) is 34.9 Å². The molecule has 6 heteroatoms. The molecule has 2 aromatic heterocycles. The molecule has 3 heterocycles. The standard InChI is InChI=1S/C17H17FN4O/c18-13-5-1-3-11-9-15(20-16(11)13)17(23)22-8-2-4-12(10-22)14-6-7-19-21-14/h1,3,5-7,9,12,20H,2,4,8,10H2,(H,19,21)/t12-/m0/s1. The summed E-state index contributed by atoms with van der Waals surface area (Å²) in [5.74, 6) is -0.142. The number of fused-ring (bicyclic) bond motifs is 1. The lowest BCUT2D eigenvalue weighted by molar-refractivity contribution is 0.0701. The van der Waals surface area contributed by atoms with Crippen molar-refractivity contribution in [2.45, 2.75) is 18.8 Å². The van der Waals surface area contributed by atoms with Crippen LogP contribution in [0.3, 0.4) is 0 Å². The number of H-pyrrole nitrogens is 2. The van der Waals surface area contributed by atoms with Gasteiger partial charge < -0.3 is 9.88 Å². The Morgan fingerprint density at radius 3 is 3.04 bits per heavy atom. The number of nitrogens with zero attached hydrogens (tertiary/aromatic N) is 2. The van der Waals surface area contributed by atoms with E-state index in [0.717, 1.165) is 30.5 Å². The van der Waals surface area contributed by atoms with E-state index in [2.05, 4.69) is 15.2 Å². The zero-order chi connectivity index (χ0) is 15.8. The highest BCUT2D eigenvalue weighted by Crippen LogP contribution is 2.27. The summed E-state index contributed by atoms with van der Waals surface area (Å²) in [6.45, 7) is 1.38. The van der Waals surface area contributed by atoms with Crippen LogP contribution < -0.4 is 0 Å². The average Bonchev–Trinajstić information content (AvgIpc) is 3.24. The molecule has 1 saturated heterocycles. The van der Waals surface area contributed by atoms with Gasteiger partial charge in [-0.25, -0.2) is 4.39 Å². The second-order valence-electron chi connectivity index (χ2n) is 5.99. The Morgan fingerprint density at radius 1 is 1.35 bits per heavy atom. The molecular weight excluding hydrogens is 295 g/mol. The Morgan fingerprint density at radius 2 is 2.26 bits per heavy atom. The van der Waals surface area contributed by atoms with Crippen LogP contribution in [0.5, 0.6) is 0 Å². The molecule has 1 fully saturated rings. The number of aromatic nitrogens is 3. The van der Waals surface area contributed by atoms with Crippen molar-refractivity contribution in [1.29, 1.82) is 0 Å². The highest BCUT2D eigenvalue weighted by atomic mass is 19.1. The number of rotatable bonds is 2. The lowest BCUT2D eigenvalue weighted by Crippen LogP contribution is -2.39. The van der Waals surface area contributed by atoms with Gasteiger partial charge in [0.25, 0.3) is 5.91 Å². The molecule has 1 aliphatic rings. The first-order chi connectivity index (χ1) is 11.2. The third kappa shape index (κ3) is 2.50. The lowest BCUT2D eigenvalue weighted by Gasteiger charge is -2.32. The van der Waals surface area contributed by atoms with Gasteiger partial charge in [0.05, 0.1) is 5.52 Å². The molecule has 1 aromatic carbocycles. The van der Waals surface area contributed by atoms with Crippen molar-refractivity contribution >= 4 is 16.8 Å². The topological polar surface area (TPSA) is 64.8 Å². The van der Waals surface area contributed by atoms with Crippen LogP contribution in [0, 0.1) is 5.82 Å². The number of amides is 1. The quantitative estimate of drug-likeness (QED) is 0.764. The maximum Gasteiger partial charge on any atom is 0.270 e. The molecule has 0 radical (unpaired) electrons. The van der Waals surface area contributed by atoms with Crippen LogP contribution in [0.2, 0.25) is 0 Å². The molecule has 0 bridgehead atoms. The monoisotopic (exact) mass is 312 g/mol. The molecule has 0 aliphatic carbocycles. The van der Waals surface area contributed by atoms with Crippen LogP contribution in [-0.4, -0.2) is 39.1 Å². The first-order valence-corrected chi connectivity index (χ1v) is 7.78. The molecule has 118 valence electrons. The van der Waals surface area contributed by atoms with E-state index < -0.39 is 0 Å². The van der Waals surface area contributed by atoms with Crippen LogP contribution >= 0.6 is 0 Å². The molecular formula is C17H17FN4O. The maximum atomic E-state index is 13.8. The van der Waals surface area contributed by atoms with E-state index in [1.165, 1.54) is 6.07 Å². The fourth-order valence-electron chi connectivity index (χ4n) is 3.31. The van der Waals surface area contributed by atoms with Gasteiger partial charge in [-0.2, -0.15) is 5.10 Å². The van der Waals surface area contributed by atoms with Crippen molar-refractivity contribution in [2.24, 2.45) is 0 Å². The number of para-hydroxylation sites is 1. The van der Waals surface area contributed by atoms with Gasteiger partial charge in [0, 0.05) is 36.3 Å². The molecule has 1 amide bonds. The average molecular weight is 312 g/mol. The van der Waals surface area contributed by atoms with Crippen molar-refractivity contribution in [1.82, 2.24) is 20.1 Å². The van der Waals surface area contributed by atoms with E-state index >= 15 is 0 Å². The summed E-state index contributed by atoms with van der Waals surface area (Å²) in [6.07, 6.45) is 3.72. The zero-order valence-corrected chi connectivity index (χ0v) is 12.6. The number of carbonyl (C=O) groups excluding carboxylic acids is 1. The number of benzene rings is 1. The molecule has 2 N–H and O–H groups in total. The molecule has 0 unspecified atom stereocenters. The van der Waals surface area contributed by atoms with Crippen molar-refractivity contribution in [3.63, 3.8) is 0 Å². The third-order valence-electron chi connectivity index (χ3n) is 4.51. The van der Waals surface area contributed by atoms with Crippen LogP contribution in [0.25, 0.3) is 10.9 Å². The van der Waals surface area contributed by atoms with Crippen LogP contribution in [0.4, 0.5) is 4.39 Å². The molecule has 1 atom stereocenters. The van der Waals surface area contributed by atoms with Gasteiger partial charge in [-0.3, -0.25) is 9.89 Å². The minimum Gasteiger partial charge on any atom is -0.348 e. The first-order valence-electron chi connectivity index (χ1n) is 7.78. The third-order valence-corrected chi connectivity index (χ3v) is 4.51. The molecule has 3 aromatic rings. The van der Waals surface area contributed by atoms with Gasteiger partial charge in [-0.15, -0.1) is 0 Å². The number of hydrogen-bond acceptors (Lipinski definition) is 2. The Hall–Kier alpha value is -2.63. The number of halogens is 1. The van der Waals surface area contributed by atoms with Crippen molar-refractivity contribution in [3.8, 4) is 0 Å². The van der Waals surface area contributed by atoms with E-state index in [1.807, 2.05) is 11.0 Å². The van der Waals surface area contributed by atoms with Gasteiger partial charge in [0.15, 0.2) is 0 Å².